The Labute approximate surface area is 118 Å². The predicted molar refractivity (Wildman–Crippen MR) is 82.1 cm³/mol. The molecule has 1 aromatic carbocycles. The van der Waals surface area contributed by atoms with Gasteiger partial charge >= 0.3 is 0 Å². The summed E-state index contributed by atoms with van der Waals surface area (Å²) in [6.45, 7) is 7.62. The fourth-order valence-corrected chi connectivity index (χ4v) is 3.01. The van der Waals surface area contributed by atoms with E-state index < -0.39 is 0 Å². The molecule has 0 saturated heterocycles. The van der Waals surface area contributed by atoms with Gasteiger partial charge in [-0.1, -0.05) is 26.8 Å². The highest BCUT2D eigenvalue weighted by atomic mass is 79.9. The van der Waals surface area contributed by atoms with Crippen molar-refractivity contribution < 1.29 is 0 Å². The first-order valence-electron chi connectivity index (χ1n) is 6.28. The lowest BCUT2D eigenvalue weighted by Crippen LogP contribution is -2.10. The van der Waals surface area contributed by atoms with Crippen LogP contribution in [0.3, 0.4) is 0 Å². The molecule has 2 rings (SSSR count). The van der Waals surface area contributed by atoms with E-state index in [1.807, 2.05) is 7.05 Å². The fourth-order valence-electron chi connectivity index (χ4n) is 2.28. The summed E-state index contributed by atoms with van der Waals surface area (Å²) in [4.78, 5) is 0. The summed E-state index contributed by atoms with van der Waals surface area (Å²) in [5, 5.41) is 4.52. The van der Waals surface area contributed by atoms with Crippen LogP contribution in [0.1, 0.15) is 32.0 Å². The first-order chi connectivity index (χ1) is 8.36. The molecular weight excluding hydrogens is 288 g/mol. The number of nitrogens with zero attached hydrogens (tertiary/aromatic N) is 1. The fraction of sp³-hybridized carbons (Fsp3) is 0.467. The molecule has 0 fully saturated rings. The number of benzene rings is 1. The van der Waals surface area contributed by atoms with Crippen LogP contribution in [0.4, 0.5) is 0 Å². The summed E-state index contributed by atoms with van der Waals surface area (Å²) in [6.07, 6.45) is 0. The van der Waals surface area contributed by atoms with E-state index in [1.165, 1.54) is 26.6 Å². The molecule has 0 aliphatic heterocycles. The lowest BCUT2D eigenvalue weighted by atomic mass is 9.86. The molecule has 0 saturated carbocycles. The van der Waals surface area contributed by atoms with Crippen LogP contribution in [0.5, 0.6) is 0 Å². The van der Waals surface area contributed by atoms with Crippen molar-refractivity contribution in [2.75, 3.05) is 7.05 Å². The van der Waals surface area contributed by atoms with Crippen LogP contribution < -0.4 is 5.32 Å². The molecule has 0 spiro atoms. The first-order valence-corrected chi connectivity index (χ1v) is 7.07. The lowest BCUT2D eigenvalue weighted by Gasteiger charge is -2.19. The molecule has 0 atom stereocenters. The maximum absolute atomic E-state index is 3.74. The zero-order valence-electron chi connectivity index (χ0n) is 11.8. The Kier molecular flexibility index (Phi) is 3.56. The molecule has 1 N–H and O–H groups in total. The number of aromatic nitrogens is 1. The molecule has 0 bridgehead atoms. The van der Waals surface area contributed by atoms with Crippen molar-refractivity contribution in [2.24, 2.45) is 7.05 Å². The van der Waals surface area contributed by atoms with Gasteiger partial charge in [0.05, 0.1) is 0 Å². The second kappa shape index (κ2) is 4.71. The van der Waals surface area contributed by atoms with Crippen molar-refractivity contribution in [1.82, 2.24) is 9.88 Å². The van der Waals surface area contributed by atoms with E-state index in [2.05, 4.69) is 71.8 Å². The van der Waals surface area contributed by atoms with Crippen LogP contribution in [0.15, 0.2) is 22.7 Å². The lowest BCUT2D eigenvalue weighted by molar-refractivity contribution is 0.591. The zero-order chi connectivity index (χ0) is 13.5. The minimum Gasteiger partial charge on any atom is -0.345 e. The molecule has 0 unspecified atom stereocenters. The number of nitrogens with one attached hydrogen (secondary N) is 1. The summed E-state index contributed by atoms with van der Waals surface area (Å²) in [5.41, 5.74) is 4.13. The van der Waals surface area contributed by atoms with Crippen LogP contribution in [-0.4, -0.2) is 11.6 Å². The Balaban J connectivity index is 2.67. The smallest absolute Gasteiger partial charge is 0.0492 e. The van der Waals surface area contributed by atoms with Crippen molar-refractivity contribution in [3.8, 4) is 0 Å². The van der Waals surface area contributed by atoms with Crippen molar-refractivity contribution in [1.29, 1.82) is 0 Å². The van der Waals surface area contributed by atoms with Crippen molar-refractivity contribution >= 4 is 26.8 Å². The van der Waals surface area contributed by atoms with Crippen LogP contribution >= 0.6 is 15.9 Å². The van der Waals surface area contributed by atoms with E-state index in [4.69, 9.17) is 0 Å². The minimum absolute atomic E-state index is 0.187. The Bertz CT molecular complexity index is 576. The summed E-state index contributed by atoms with van der Waals surface area (Å²) >= 11 is 3.74. The van der Waals surface area contributed by atoms with Gasteiger partial charge in [-0.05, 0) is 46.1 Å². The monoisotopic (exact) mass is 308 g/mol. The van der Waals surface area contributed by atoms with Crippen LogP contribution in [0, 0.1) is 0 Å². The maximum atomic E-state index is 3.74. The van der Waals surface area contributed by atoms with Gasteiger partial charge in [0.25, 0.3) is 0 Å². The summed E-state index contributed by atoms with van der Waals surface area (Å²) in [7, 11) is 4.10. The number of halogens is 1. The van der Waals surface area contributed by atoms with Crippen LogP contribution in [0.25, 0.3) is 10.9 Å². The van der Waals surface area contributed by atoms with Crippen LogP contribution in [0.2, 0.25) is 0 Å². The van der Waals surface area contributed by atoms with Crippen LogP contribution in [-0.2, 0) is 19.0 Å². The van der Waals surface area contributed by atoms with Gasteiger partial charge < -0.3 is 9.88 Å². The van der Waals surface area contributed by atoms with Crippen molar-refractivity contribution in [3.05, 3.63) is 33.9 Å². The second-order valence-corrected chi connectivity index (χ2v) is 6.62. The molecule has 0 amide bonds. The van der Waals surface area contributed by atoms with Gasteiger partial charge in [0.2, 0.25) is 0 Å². The number of aryl methyl sites for hydroxylation is 1. The van der Waals surface area contributed by atoms with E-state index in [0.717, 1.165) is 6.54 Å². The Morgan fingerprint density at radius 2 is 1.94 bits per heavy atom. The van der Waals surface area contributed by atoms with Gasteiger partial charge in [-0.25, -0.2) is 0 Å². The number of hydrogen-bond donors (Lipinski definition) is 1. The molecule has 1 aromatic heterocycles. The highest BCUT2D eigenvalue weighted by Crippen LogP contribution is 2.33. The molecule has 3 heteroatoms. The highest BCUT2D eigenvalue weighted by molar-refractivity contribution is 9.10. The van der Waals surface area contributed by atoms with E-state index in [-0.39, 0.29) is 5.41 Å². The van der Waals surface area contributed by atoms with Gasteiger partial charge in [-0.15, -0.1) is 0 Å². The van der Waals surface area contributed by atoms with Gasteiger partial charge in [0, 0.05) is 34.7 Å². The number of fused-ring (bicyclic) bond motifs is 1. The van der Waals surface area contributed by atoms with Gasteiger partial charge in [-0.2, -0.15) is 0 Å². The molecule has 18 heavy (non-hydrogen) atoms. The summed E-state index contributed by atoms with van der Waals surface area (Å²) in [6, 6.07) is 6.76. The van der Waals surface area contributed by atoms with Gasteiger partial charge in [0.15, 0.2) is 0 Å². The van der Waals surface area contributed by atoms with E-state index in [0.29, 0.717) is 0 Å². The Morgan fingerprint density at radius 1 is 1.28 bits per heavy atom. The zero-order valence-corrected chi connectivity index (χ0v) is 13.4. The topological polar surface area (TPSA) is 17.0 Å². The van der Waals surface area contributed by atoms with E-state index in [9.17, 15) is 0 Å². The predicted octanol–water partition coefficient (Wildman–Crippen LogP) is 3.96. The molecule has 98 valence electrons. The summed E-state index contributed by atoms with van der Waals surface area (Å²) < 4.78 is 3.46. The van der Waals surface area contributed by atoms with Crippen molar-refractivity contribution in [3.63, 3.8) is 0 Å². The van der Waals surface area contributed by atoms with E-state index in [1.54, 1.807) is 0 Å². The highest BCUT2D eigenvalue weighted by Gasteiger charge is 2.17. The molecule has 0 aliphatic carbocycles. The summed E-state index contributed by atoms with van der Waals surface area (Å²) in [5.74, 6) is 0. The van der Waals surface area contributed by atoms with Gasteiger partial charge in [-0.3, -0.25) is 0 Å². The van der Waals surface area contributed by atoms with E-state index >= 15 is 0 Å². The first kappa shape index (κ1) is 13.6. The number of rotatable bonds is 2. The molecule has 0 radical (unpaired) electrons. The second-order valence-electron chi connectivity index (χ2n) is 5.83. The molecular formula is C15H21BrN2. The van der Waals surface area contributed by atoms with Gasteiger partial charge in [0.1, 0.15) is 0 Å². The van der Waals surface area contributed by atoms with Crippen molar-refractivity contribution in [2.45, 2.75) is 32.7 Å². The third kappa shape index (κ3) is 2.21. The molecule has 1 heterocycles. The average Bonchev–Trinajstić information content (AvgIpc) is 2.53. The Morgan fingerprint density at radius 3 is 2.50 bits per heavy atom. The largest absolute Gasteiger partial charge is 0.345 e. The number of hydrogen-bond acceptors (Lipinski definition) is 1. The normalized spacial score (nSPS) is 12.3. The molecule has 2 aromatic rings. The third-order valence-electron chi connectivity index (χ3n) is 3.46. The third-order valence-corrected chi connectivity index (χ3v) is 4.35. The Hall–Kier alpha value is -0.800. The maximum Gasteiger partial charge on any atom is 0.0492 e. The SMILES string of the molecule is CNCc1c(Br)c2cc(C(C)(C)C)ccc2n1C. The average molecular weight is 309 g/mol. The molecule has 2 nitrogen and oxygen atoms in total. The minimum atomic E-state index is 0.187. The molecule has 0 aliphatic rings. The quantitative estimate of drug-likeness (QED) is 0.888. The standard InChI is InChI=1S/C15H21BrN2/c1-15(2,3)10-6-7-12-11(8-10)14(16)13(9-17-4)18(12)5/h6-8,17H,9H2,1-5H3.